The molecule has 2 unspecified atom stereocenters. The summed E-state index contributed by atoms with van der Waals surface area (Å²) in [5.74, 6) is 0.733. The van der Waals surface area contributed by atoms with E-state index >= 15 is 0 Å². The maximum absolute atomic E-state index is 12.8. The molecule has 1 aromatic heterocycles. The van der Waals surface area contributed by atoms with Gasteiger partial charge in [0.15, 0.2) is 0 Å². The third-order valence-electron chi connectivity index (χ3n) is 2.27. The fourth-order valence-corrected chi connectivity index (χ4v) is 1.55. The summed E-state index contributed by atoms with van der Waals surface area (Å²) >= 11 is 0. The summed E-state index contributed by atoms with van der Waals surface area (Å²) in [6.45, 7) is 1.16. The van der Waals surface area contributed by atoms with Crippen molar-refractivity contribution in [2.75, 3.05) is 18.4 Å². The second-order valence-corrected chi connectivity index (χ2v) is 3.43. The van der Waals surface area contributed by atoms with Crippen LogP contribution in [0.5, 0.6) is 0 Å². The van der Waals surface area contributed by atoms with Gasteiger partial charge >= 0.3 is 0 Å². The first-order valence-electron chi connectivity index (χ1n) is 4.73. The molecule has 1 saturated heterocycles. The molecule has 0 spiro atoms. The lowest BCUT2D eigenvalue weighted by molar-refractivity contribution is 0.356. The minimum atomic E-state index is -0.705. The first kappa shape index (κ1) is 9.33. The van der Waals surface area contributed by atoms with E-state index < -0.39 is 6.17 Å². The Labute approximate surface area is 81.9 Å². The SMILES string of the molecule is FC1CNC(CNc2cccnn2)C1. The van der Waals surface area contributed by atoms with Gasteiger partial charge in [0, 0.05) is 25.3 Å². The Morgan fingerprint density at radius 3 is 3.21 bits per heavy atom. The van der Waals surface area contributed by atoms with Crippen LogP contribution >= 0.6 is 0 Å². The number of alkyl halides is 1. The lowest BCUT2D eigenvalue weighted by Crippen LogP contribution is -2.29. The van der Waals surface area contributed by atoms with E-state index in [0.29, 0.717) is 19.5 Å². The van der Waals surface area contributed by atoms with Gasteiger partial charge in [-0.25, -0.2) is 4.39 Å². The average Bonchev–Trinajstić information content (AvgIpc) is 2.63. The quantitative estimate of drug-likeness (QED) is 0.742. The molecule has 2 atom stereocenters. The van der Waals surface area contributed by atoms with Crippen molar-refractivity contribution in [2.45, 2.75) is 18.6 Å². The second kappa shape index (κ2) is 4.32. The fraction of sp³-hybridized carbons (Fsp3) is 0.556. The van der Waals surface area contributed by atoms with Gasteiger partial charge in [0.25, 0.3) is 0 Å². The Morgan fingerprint density at radius 1 is 1.64 bits per heavy atom. The van der Waals surface area contributed by atoms with Crippen molar-refractivity contribution in [1.29, 1.82) is 0 Å². The number of anilines is 1. The molecular formula is C9H13FN4. The van der Waals surface area contributed by atoms with Crippen molar-refractivity contribution in [2.24, 2.45) is 0 Å². The fourth-order valence-electron chi connectivity index (χ4n) is 1.55. The van der Waals surface area contributed by atoms with E-state index in [1.54, 1.807) is 6.20 Å². The minimum Gasteiger partial charge on any atom is -0.367 e. The molecule has 5 heteroatoms. The predicted octanol–water partition coefficient (Wildman–Crippen LogP) is 0.588. The Hall–Kier alpha value is -1.23. The monoisotopic (exact) mass is 196 g/mol. The molecule has 2 rings (SSSR count). The van der Waals surface area contributed by atoms with Gasteiger partial charge in [-0.3, -0.25) is 0 Å². The highest BCUT2D eigenvalue weighted by Crippen LogP contribution is 2.10. The van der Waals surface area contributed by atoms with Crippen LogP contribution in [-0.4, -0.2) is 35.5 Å². The number of halogens is 1. The molecule has 0 saturated carbocycles. The van der Waals surface area contributed by atoms with Gasteiger partial charge in [0.2, 0.25) is 0 Å². The molecule has 0 amide bonds. The van der Waals surface area contributed by atoms with Gasteiger partial charge < -0.3 is 10.6 Å². The molecule has 0 aliphatic carbocycles. The normalized spacial score (nSPS) is 26.4. The molecule has 1 aliphatic heterocycles. The second-order valence-electron chi connectivity index (χ2n) is 3.43. The van der Waals surface area contributed by atoms with Crippen molar-refractivity contribution in [3.05, 3.63) is 18.3 Å². The van der Waals surface area contributed by atoms with E-state index in [0.717, 1.165) is 5.82 Å². The molecule has 2 heterocycles. The van der Waals surface area contributed by atoms with Crippen molar-refractivity contribution in [1.82, 2.24) is 15.5 Å². The number of nitrogens with zero attached hydrogens (tertiary/aromatic N) is 2. The Bertz CT molecular complexity index is 279. The lowest BCUT2D eigenvalue weighted by Gasteiger charge is -2.10. The van der Waals surface area contributed by atoms with Gasteiger partial charge in [0.1, 0.15) is 12.0 Å². The maximum Gasteiger partial charge on any atom is 0.148 e. The molecule has 1 aliphatic rings. The number of nitrogens with one attached hydrogen (secondary N) is 2. The summed E-state index contributed by atoms with van der Waals surface area (Å²) in [6, 6.07) is 3.86. The number of hydrogen-bond acceptors (Lipinski definition) is 4. The van der Waals surface area contributed by atoms with E-state index in [4.69, 9.17) is 0 Å². The largest absolute Gasteiger partial charge is 0.367 e. The van der Waals surface area contributed by atoms with E-state index in [1.165, 1.54) is 0 Å². The van der Waals surface area contributed by atoms with E-state index in [2.05, 4.69) is 20.8 Å². The molecule has 1 aromatic rings. The highest BCUT2D eigenvalue weighted by atomic mass is 19.1. The van der Waals surface area contributed by atoms with Crippen molar-refractivity contribution < 1.29 is 4.39 Å². The first-order chi connectivity index (χ1) is 6.84. The summed E-state index contributed by atoms with van der Waals surface area (Å²) < 4.78 is 12.8. The zero-order chi connectivity index (χ0) is 9.80. The molecule has 0 aromatic carbocycles. The first-order valence-corrected chi connectivity index (χ1v) is 4.73. The van der Waals surface area contributed by atoms with Crippen LogP contribution in [-0.2, 0) is 0 Å². The molecule has 2 N–H and O–H groups in total. The van der Waals surface area contributed by atoms with E-state index in [-0.39, 0.29) is 6.04 Å². The van der Waals surface area contributed by atoms with Crippen LogP contribution in [0, 0.1) is 0 Å². The van der Waals surface area contributed by atoms with Crippen LogP contribution < -0.4 is 10.6 Å². The zero-order valence-electron chi connectivity index (χ0n) is 7.78. The number of hydrogen-bond donors (Lipinski definition) is 2. The van der Waals surface area contributed by atoms with Crippen LogP contribution in [0.25, 0.3) is 0 Å². The molecule has 4 nitrogen and oxygen atoms in total. The van der Waals surface area contributed by atoms with Crippen molar-refractivity contribution >= 4 is 5.82 Å². The zero-order valence-corrected chi connectivity index (χ0v) is 7.78. The standard InChI is InChI=1S/C9H13FN4/c10-7-4-8(11-5-7)6-12-9-2-1-3-13-14-9/h1-3,7-8,11H,4-6H2,(H,12,14). The summed E-state index contributed by atoms with van der Waals surface area (Å²) in [6.07, 6.45) is 1.49. The maximum atomic E-state index is 12.8. The third kappa shape index (κ3) is 2.38. The molecule has 0 bridgehead atoms. The number of rotatable bonds is 3. The van der Waals surface area contributed by atoms with Crippen LogP contribution in [0.2, 0.25) is 0 Å². The van der Waals surface area contributed by atoms with E-state index in [1.807, 2.05) is 12.1 Å². The highest BCUT2D eigenvalue weighted by Gasteiger charge is 2.22. The van der Waals surface area contributed by atoms with Gasteiger partial charge in [-0.1, -0.05) is 0 Å². The summed E-state index contributed by atoms with van der Waals surface area (Å²) in [7, 11) is 0. The van der Waals surface area contributed by atoms with Crippen LogP contribution in [0.15, 0.2) is 18.3 Å². The summed E-state index contributed by atoms with van der Waals surface area (Å²) in [5.41, 5.74) is 0. The van der Waals surface area contributed by atoms with Crippen LogP contribution in [0.1, 0.15) is 6.42 Å². The van der Waals surface area contributed by atoms with Crippen LogP contribution in [0.4, 0.5) is 10.2 Å². The topological polar surface area (TPSA) is 49.8 Å². The van der Waals surface area contributed by atoms with Gasteiger partial charge in [-0.2, -0.15) is 5.10 Å². The molecule has 76 valence electrons. The molecular weight excluding hydrogens is 183 g/mol. The Balaban J connectivity index is 1.78. The van der Waals surface area contributed by atoms with Gasteiger partial charge in [0.05, 0.1) is 0 Å². The average molecular weight is 196 g/mol. The van der Waals surface area contributed by atoms with Crippen LogP contribution in [0.3, 0.4) is 0 Å². The van der Waals surface area contributed by atoms with E-state index in [9.17, 15) is 4.39 Å². The highest BCUT2D eigenvalue weighted by molar-refractivity contribution is 5.31. The van der Waals surface area contributed by atoms with Crippen molar-refractivity contribution in [3.63, 3.8) is 0 Å². The molecule has 14 heavy (non-hydrogen) atoms. The van der Waals surface area contributed by atoms with Gasteiger partial charge in [-0.05, 0) is 18.6 Å². The Morgan fingerprint density at radius 2 is 2.57 bits per heavy atom. The molecule has 0 radical (unpaired) electrons. The summed E-state index contributed by atoms with van der Waals surface area (Å²) in [4.78, 5) is 0. The third-order valence-corrected chi connectivity index (χ3v) is 2.27. The predicted molar refractivity (Wildman–Crippen MR) is 51.8 cm³/mol. The molecule has 1 fully saturated rings. The summed E-state index contributed by atoms with van der Waals surface area (Å²) in [5, 5.41) is 13.8. The smallest absolute Gasteiger partial charge is 0.148 e. The van der Waals surface area contributed by atoms with Crippen molar-refractivity contribution in [3.8, 4) is 0 Å². The van der Waals surface area contributed by atoms with Gasteiger partial charge in [-0.15, -0.1) is 5.10 Å². The lowest BCUT2D eigenvalue weighted by atomic mass is 10.2. The number of aromatic nitrogens is 2. The minimum absolute atomic E-state index is 0.201. The Kier molecular flexibility index (Phi) is 2.88.